The molecule has 1 saturated carbocycles. The molecular weight excluding hydrogens is 264 g/mol. The molecular formula is C17H30N2O2. The standard InChI is InChI=1S/C17H30N2O2/c1-5-6-9-12-19-14(20)13(16(2,3)4)18-15(21)17(19)10-7-8-11-17/h13H,5-12H2,1-4H3,(H,18,21). The Morgan fingerprint density at radius 1 is 1.19 bits per heavy atom. The molecule has 1 heterocycles. The minimum absolute atomic E-state index is 0.0797. The SMILES string of the molecule is CCCCCN1C(=O)C(C(C)(C)C)NC(=O)C12CCCC2. The van der Waals surface area contributed by atoms with Gasteiger partial charge in [0.1, 0.15) is 11.6 Å². The highest BCUT2D eigenvalue weighted by Crippen LogP contribution is 2.40. The fraction of sp³-hybridized carbons (Fsp3) is 0.882. The average Bonchev–Trinajstić information content (AvgIpc) is 2.87. The molecule has 0 aromatic rings. The van der Waals surface area contributed by atoms with E-state index in [0.717, 1.165) is 51.5 Å². The van der Waals surface area contributed by atoms with Gasteiger partial charge in [0.25, 0.3) is 0 Å². The molecule has 2 rings (SSSR count). The van der Waals surface area contributed by atoms with Gasteiger partial charge in [-0.25, -0.2) is 0 Å². The van der Waals surface area contributed by atoms with Crippen LogP contribution in [0.1, 0.15) is 72.6 Å². The van der Waals surface area contributed by atoms with Crippen molar-refractivity contribution in [2.24, 2.45) is 5.41 Å². The Morgan fingerprint density at radius 3 is 2.33 bits per heavy atom. The summed E-state index contributed by atoms with van der Waals surface area (Å²) >= 11 is 0. The quantitative estimate of drug-likeness (QED) is 0.811. The van der Waals surface area contributed by atoms with E-state index in [1.807, 2.05) is 25.7 Å². The first-order chi connectivity index (χ1) is 9.83. The number of unbranched alkanes of at least 4 members (excludes halogenated alkanes) is 2. The van der Waals surface area contributed by atoms with E-state index in [9.17, 15) is 9.59 Å². The fourth-order valence-corrected chi connectivity index (χ4v) is 3.70. The highest BCUT2D eigenvalue weighted by molar-refractivity contribution is 6.00. The van der Waals surface area contributed by atoms with Crippen LogP contribution in [0.4, 0.5) is 0 Å². The first-order valence-corrected chi connectivity index (χ1v) is 8.45. The molecule has 1 unspecified atom stereocenters. The second kappa shape index (κ2) is 5.98. The molecule has 0 bridgehead atoms. The Kier molecular flexibility index (Phi) is 4.64. The Morgan fingerprint density at radius 2 is 1.81 bits per heavy atom. The molecule has 2 fully saturated rings. The van der Waals surface area contributed by atoms with Crippen LogP contribution in [0.5, 0.6) is 0 Å². The van der Waals surface area contributed by atoms with E-state index in [1.165, 1.54) is 0 Å². The van der Waals surface area contributed by atoms with Gasteiger partial charge in [0.2, 0.25) is 11.8 Å². The Balaban J connectivity index is 2.26. The predicted octanol–water partition coefficient (Wildman–Crippen LogP) is 2.86. The van der Waals surface area contributed by atoms with E-state index in [1.54, 1.807) is 0 Å². The molecule has 0 aromatic carbocycles. The highest BCUT2D eigenvalue weighted by atomic mass is 16.2. The van der Waals surface area contributed by atoms with E-state index < -0.39 is 11.6 Å². The normalized spacial score (nSPS) is 25.5. The van der Waals surface area contributed by atoms with E-state index in [-0.39, 0.29) is 17.2 Å². The van der Waals surface area contributed by atoms with Gasteiger partial charge in [0.05, 0.1) is 0 Å². The Labute approximate surface area is 128 Å². The molecule has 4 heteroatoms. The monoisotopic (exact) mass is 294 g/mol. The summed E-state index contributed by atoms with van der Waals surface area (Å²) in [7, 11) is 0. The first-order valence-electron chi connectivity index (χ1n) is 8.45. The summed E-state index contributed by atoms with van der Waals surface area (Å²) < 4.78 is 0. The Bertz CT molecular complexity index is 406. The van der Waals surface area contributed by atoms with Crippen molar-refractivity contribution >= 4 is 11.8 Å². The molecule has 0 radical (unpaired) electrons. The summed E-state index contributed by atoms with van der Waals surface area (Å²) in [5.41, 5.74) is -0.789. The molecule has 2 amide bonds. The molecule has 0 aromatic heterocycles. The molecule has 1 spiro atoms. The lowest BCUT2D eigenvalue weighted by Crippen LogP contribution is -2.72. The zero-order valence-corrected chi connectivity index (χ0v) is 14.0. The summed E-state index contributed by atoms with van der Waals surface area (Å²) in [4.78, 5) is 27.7. The molecule has 2 aliphatic rings. The summed E-state index contributed by atoms with van der Waals surface area (Å²) in [5.74, 6) is 0.205. The van der Waals surface area contributed by atoms with Gasteiger partial charge in [-0.1, -0.05) is 53.4 Å². The zero-order valence-electron chi connectivity index (χ0n) is 14.0. The number of hydrogen-bond donors (Lipinski definition) is 1. The number of carbonyl (C=O) groups excluding carboxylic acids is 2. The predicted molar refractivity (Wildman–Crippen MR) is 83.8 cm³/mol. The molecule has 120 valence electrons. The van der Waals surface area contributed by atoms with Gasteiger partial charge in [-0.05, 0) is 24.7 Å². The van der Waals surface area contributed by atoms with Crippen LogP contribution in [-0.2, 0) is 9.59 Å². The number of piperazine rings is 1. The largest absolute Gasteiger partial charge is 0.342 e. The maximum absolute atomic E-state index is 13.0. The van der Waals surface area contributed by atoms with Crippen LogP contribution in [0.15, 0.2) is 0 Å². The third kappa shape index (κ3) is 2.95. The third-order valence-corrected chi connectivity index (χ3v) is 5.01. The molecule has 1 atom stereocenters. The fourth-order valence-electron chi connectivity index (χ4n) is 3.70. The minimum atomic E-state index is -0.549. The van der Waals surface area contributed by atoms with Gasteiger partial charge < -0.3 is 10.2 Å². The van der Waals surface area contributed by atoms with Gasteiger partial charge in [-0.2, -0.15) is 0 Å². The van der Waals surface area contributed by atoms with Crippen molar-refractivity contribution in [1.82, 2.24) is 10.2 Å². The second-order valence-corrected chi connectivity index (χ2v) is 7.71. The van der Waals surface area contributed by atoms with Crippen molar-refractivity contribution in [2.45, 2.75) is 84.2 Å². The number of carbonyl (C=O) groups is 2. The maximum atomic E-state index is 13.0. The molecule has 1 saturated heterocycles. The van der Waals surface area contributed by atoms with Crippen LogP contribution in [0.25, 0.3) is 0 Å². The lowest BCUT2D eigenvalue weighted by molar-refractivity contribution is -0.160. The number of hydrogen-bond acceptors (Lipinski definition) is 2. The molecule has 1 aliphatic heterocycles. The van der Waals surface area contributed by atoms with Crippen LogP contribution in [-0.4, -0.2) is 34.8 Å². The lowest BCUT2D eigenvalue weighted by atomic mass is 9.80. The van der Waals surface area contributed by atoms with Gasteiger partial charge in [0.15, 0.2) is 0 Å². The number of nitrogens with zero attached hydrogens (tertiary/aromatic N) is 1. The van der Waals surface area contributed by atoms with Crippen LogP contribution in [0.2, 0.25) is 0 Å². The zero-order chi connectivity index (χ0) is 15.7. The number of rotatable bonds is 4. The van der Waals surface area contributed by atoms with Gasteiger partial charge in [0, 0.05) is 6.54 Å². The van der Waals surface area contributed by atoms with Crippen molar-refractivity contribution in [3.8, 4) is 0 Å². The van der Waals surface area contributed by atoms with E-state index in [4.69, 9.17) is 0 Å². The third-order valence-electron chi connectivity index (χ3n) is 5.01. The van der Waals surface area contributed by atoms with E-state index in [0.29, 0.717) is 0 Å². The van der Waals surface area contributed by atoms with E-state index >= 15 is 0 Å². The Hall–Kier alpha value is -1.06. The maximum Gasteiger partial charge on any atom is 0.246 e. The van der Waals surface area contributed by atoms with Crippen molar-refractivity contribution in [3.63, 3.8) is 0 Å². The molecule has 21 heavy (non-hydrogen) atoms. The van der Waals surface area contributed by atoms with Crippen molar-refractivity contribution in [2.75, 3.05) is 6.54 Å². The molecule has 4 nitrogen and oxygen atoms in total. The van der Waals surface area contributed by atoms with Crippen LogP contribution in [0, 0.1) is 5.41 Å². The lowest BCUT2D eigenvalue weighted by Gasteiger charge is -2.49. The van der Waals surface area contributed by atoms with Crippen LogP contribution < -0.4 is 5.32 Å². The highest BCUT2D eigenvalue weighted by Gasteiger charge is 2.55. The summed E-state index contributed by atoms with van der Waals surface area (Å²) in [5, 5.41) is 3.03. The van der Waals surface area contributed by atoms with Gasteiger partial charge in [-0.3, -0.25) is 9.59 Å². The topological polar surface area (TPSA) is 49.4 Å². The smallest absolute Gasteiger partial charge is 0.246 e. The van der Waals surface area contributed by atoms with Crippen molar-refractivity contribution in [3.05, 3.63) is 0 Å². The van der Waals surface area contributed by atoms with Gasteiger partial charge in [-0.15, -0.1) is 0 Å². The molecule has 1 N–H and O–H groups in total. The van der Waals surface area contributed by atoms with Gasteiger partial charge >= 0.3 is 0 Å². The second-order valence-electron chi connectivity index (χ2n) is 7.71. The molecule has 1 aliphatic carbocycles. The first kappa shape index (κ1) is 16.3. The van der Waals surface area contributed by atoms with Crippen LogP contribution >= 0.6 is 0 Å². The average molecular weight is 294 g/mol. The van der Waals surface area contributed by atoms with Crippen molar-refractivity contribution < 1.29 is 9.59 Å². The number of nitrogens with one attached hydrogen (secondary N) is 1. The van der Waals surface area contributed by atoms with E-state index in [2.05, 4.69) is 12.2 Å². The number of amides is 2. The summed E-state index contributed by atoms with van der Waals surface area (Å²) in [6, 6.07) is -0.391. The minimum Gasteiger partial charge on any atom is -0.342 e. The van der Waals surface area contributed by atoms with Crippen LogP contribution in [0.3, 0.4) is 0 Å². The van der Waals surface area contributed by atoms with Crippen molar-refractivity contribution in [1.29, 1.82) is 0 Å². The summed E-state index contributed by atoms with van der Waals surface area (Å²) in [6.45, 7) is 8.95. The summed E-state index contributed by atoms with van der Waals surface area (Å²) in [6.07, 6.45) is 6.98.